The Morgan fingerprint density at radius 1 is 1.08 bits per heavy atom. The van der Waals surface area contributed by atoms with Crippen LogP contribution >= 0.6 is 24.0 Å². The van der Waals surface area contributed by atoms with Crippen LogP contribution in [0.2, 0.25) is 0 Å². The summed E-state index contributed by atoms with van der Waals surface area (Å²) in [7, 11) is -1.63. The lowest BCUT2D eigenvalue weighted by Crippen LogP contribution is -2.41. The molecule has 0 heterocycles. The standard InChI is InChI=1S/C18H32N4O2S.HI/c1-16(2)9-7-8-12-20-18(19-3)21-13-14-25(23,24)22-15-17-10-5-4-6-11-17;/h4-6,10-11,16,22H,7-9,12-15H2,1-3H3,(H2,19,20,21);1H. The van der Waals surface area contributed by atoms with E-state index in [1.807, 2.05) is 30.3 Å². The summed E-state index contributed by atoms with van der Waals surface area (Å²) in [6.45, 7) is 5.91. The van der Waals surface area contributed by atoms with Crippen molar-refractivity contribution < 1.29 is 8.42 Å². The number of hydrogen-bond acceptors (Lipinski definition) is 3. The van der Waals surface area contributed by atoms with Crippen molar-refractivity contribution in [1.29, 1.82) is 0 Å². The zero-order valence-electron chi connectivity index (χ0n) is 16.0. The van der Waals surface area contributed by atoms with Crippen LogP contribution in [0.5, 0.6) is 0 Å². The summed E-state index contributed by atoms with van der Waals surface area (Å²) in [5.41, 5.74) is 0.943. The van der Waals surface area contributed by atoms with Gasteiger partial charge in [0.2, 0.25) is 10.0 Å². The summed E-state index contributed by atoms with van der Waals surface area (Å²) in [5, 5.41) is 6.25. The van der Waals surface area contributed by atoms with Crippen molar-refractivity contribution in [1.82, 2.24) is 15.4 Å². The molecular formula is C18H33IN4O2S. The molecule has 3 N–H and O–H groups in total. The molecule has 0 saturated heterocycles. The molecule has 1 aromatic rings. The second-order valence-corrected chi connectivity index (χ2v) is 8.37. The molecular weight excluding hydrogens is 463 g/mol. The predicted octanol–water partition coefficient (Wildman–Crippen LogP) is 2.72. The van der Waals surface area contributed by atoms with E-state index in [4.69, 9.17) is 0 Å². The number of unbranched alkanes of at least 4 members (excludes halogenated alkanes) is 1. The quantitative estimate of drug-likeness (QED) is 0.191. The Bertz CT molecular complexity index is 607. The van der Waals surface area contributed by atoms with Crippen molar-refractivity contribution in [2.24, 2.45) is 10.9 Å². The number of guanidine groups is 1. The van der Waals surface area contributed by atoms with Crippen LogP contribution < -0.4 is 15.4 Å². The molecule has 8 heteroatoms. The molecule has 6 nitrogen and oxygen atoms in total. The number of halogens is 1. The van der Waals surface area contributed by atoms with Gasteiger partial charge in [0.1, 0.15) is 0 Å². The highest BCUT2D eigenvalue weighted by Crippen LogP contribution is 2.05. The van der Waals surface area contributed by atoms with Crippen LogP contribution in [-0.2, 0) is 16.6 Å². The minimum Gasteiger partial charge on any atom is -0.356 e. The molecule has 0 amide bonds. The van der Waals surface area contributed by atoms with E-state index in [2.05, 4.69) is 34.2 Å². The molecule has 0 aliphatic rings. The zero-order valence-corrected chi connectivity index (χ0v) is 19.1. The first-order valence-corrected chi connectivity index (χ1v) is 10.5. The highest BCUT2D eigenvalue weighted by atomic mass is 127. The predicted molar refractivity (Wildman–Crippen MR) is 121 cm³/mol. The fraction of sp³-hybridized carbons (Fsp3) is 0.611. The van der Waals surface area contributed by atoms with E-state index >= 15 is 0 Å². The molecule has 26 heavy (non-hydrogen) atoms. The maximum absolute atomic E-state index is 12.0. The fourth-order valence-electron chi connectivity index (χ4n) is 2.27. The number of aliphatic imine (C=N–C) groups is 1. The summed E-state index contributed by atoms with van der Waals surface area (Å²) in [4.78, 5) is 4.11. The number of nitrogens with one attached hydrogen (secondary N) is 3. The Morgan fingerprint density at radius 2 is 1.73 bits per heavy atom. The Kier molecular flexibility index (Phi) is 13.7. The molecule has 150 valence electrons. The number of nitrogens with zero attached hydrogens (tertiary/aromatic N) is 1. The molecule has 1 aromatic carbocycles. The summed E-state index contributed by atoms with van der Waals surface area (Å²) < 4.78 is 26.7. The Labute approximate surface area is 175 Å². The van der Waals surface area contributed by atoms with Gasteiger partial charge < -0.3 is 10.6 Å². The smallest absolute Gasteiger partial charge is 0.213 e. The SMILES string of the molecule is CN=C(NCCCCC(C)C)NCCS(=O)(=O)NCc1ccccc1.I. The fourth-order valence-corrected chi connectivity index (χ4v) is 3.17. The van der Waals surface area contributed by atoms with Gasteiger partial charge in [-0.2, -0.15) is 0 Å². The van der Waals surface area contributed by atoms with Crippen molar-refractivity contribution in [3.8, 4) is 0 Å². The van der Waals surface area contributed by atoms with Crippen LogP contribution in [0.1, 0.15) is 38.7 Å². The van der Waals surface area contributed by atoms with Crippen molar-refractivity contribution in [3.05, 3.63) is 35.9 Å². The first kappa shape index (κ1) is 25.1. The molecule has 0 aliphatic heterocycles. The van der Waals surface area contributed by atoms with E-state index in [0.29, 0.717) is 19.0 Å². The number of sulfonamides is 1. The first-order chi connectivity index (χ1) is 11.9. The molecule has 0 unspecified atom stereocenters. The van der Waals surface area contributed by atoms with Gasteiger partial charge in [-0.1, -0.05) is 57.0 Å². The van der Waals surface area contributed by atoms with E-state index in [9.17, 15) is 8.42 Å². The molecule has 0 bridgehead atoms. The molecule has 0 aliphatic carbocycles. The molecule has 0 atom stereocenters. The van der Waals surface area contributed by atoms with Gasteiger partial charge in [-0.15, -0.1) is 24.0 Å². The van der Waals surface area contributed by atoms with Gasteiger partial charge in [-0.3, -0.25) is 4.99 Å². The van der Waals surface area contributed by atoms with Crippen LogP contribution in [0.3, 0.4) is 0 Å². The van der Waals surface area contributed by atoms with E-state index < -0.39 is 10.0 Å². The van der Waals surface area contributed by atoms with Gasteiger partial charge in [0.25, 0.3) is 0 Å². The van der Waals surface area contributed by atoms with Crippen molar-refractivity contribution in [2.75, 3.05) is 25.9 Å². The van der Waals surface area contributed by atoms with Gasteiger partial charge in [-0.05, 0) is 17.9 Å². The minimum absolute atomic E-state index is 0. The Morgan fingerprint density at radius 3 is 2.35 bits per heavy atom. The van der Waals surface area contributed by atoms with Crippen LogP contribution in [0, 0.1) is 5.92 Å². The van der Waals surface area contributed by atoms with Crippen molar-refractivity contribution in [2.45, 2.75) is 39.7 Å². The third-order valence-corrected chi connectivity index (χ3v) is 5.05. The molecule has 0 fully saturated rings. The minimum atomic E-state index is -3.32. The maximum Gasteiger partial charge on any atom is 0.213 e. The third kappa shape index (κ3) is 12.5. The monoisotopic (exact) mass is 496 g/mol. The highest BCUT2D eigenvalue weighted by Gasteiger charge is 2.10. The second kappa shape index (κ2) is 14.2. The number of rotatable bonds is 11. The van der Waals surface area contributed by atoms with Gasteiger partial charge in [-0.25, -0.2) is 13.1 Å². The number of hydrogen-bond donors (Lipinski definition) is 3. The maximum atomic E-state index is 12.0. The molecule has 0 radical (unpaired) electrons. The largest absolute Gasteiger partial charge is 0.356 e. The Balaban J connectivity index is 0.00000625. The lowest BCUT2D eigenvalue weighted by atomic mass is 10.1. The topological polar surface area (TPSA) is 82.6 Å². The van der Waals surface area contributed by atoms with E-state index in [-0.39, 0.29) is 29.7 Å². The molecule has 0 aromatic heterocycles. The summed E-state index contributed by atoms with van der Waals surface area (Å²) in [6.07, 6.45) is 3.48. The first-order valence-electron chi connectivity index (χ1n) is 8.88. The van der Waals surface area contributed by atoms with E-state index in [1.54, 1.807) is 7.05 Å². The number of benzene rings is 1. The Hall–Kier alpha value is -0.870. The van der Waals surface area contributed by atoms with E-state index in [0.717, 1.165) is 24.4 Å². The van der Waals surface area contributed by atoms with Gasteiger partial charge in [0.05, 0.1) is 5.75 Å². The third-order valence-electron chi connectivity index (χ3n) is 3.73. The van der Waals surface area contributed by atoms with Crippen molar-refractivity contribution >= 4 is 40.0 Å². The van der Waals surface area contributed by atoms with Gasteiger partial charge in [0.15, 0.2) is 5.96 Å². The summed E-state index contributed by atoms with van der Waals surface area (Å²) in [6, 6.07) is 9.48. The lowest BCUT2D eigenvalue weighted by molar-refractivity contribution is 0.534. The molecule has 0 saturated carbocycles. The molecule has 1 rings (SSSR count). The van der Waals surface area contributed by atoms with Crippen molar-refractivity contribution in [3.63, 3.8) is 0 Å². The highest BCUT2D eigenvalue weighted by molar-refractivity contribution is 14.0. The van der Waals surface area contributed by atoms with Crippen LogP contribution in [0.4, 0.5) is 0 Å². The summed E-state index contributed by atoms with van der Waals surface area (Å²) in [5.74, 6) is 1.38. The second-order valence-electron chi connectivity index (χ2n) is 6.44. The van der Waals surface area contributed by atoms with Crippen LogP contribution in [0.25, 0.3) is 0 Å². The van der Waals surface area contributed by atoms with E-state index in [1.165, 1.54) is 12.8 Å². The summed E-state index contributed by atoms with van der Waals surface area (Å²) >= 11 is 0. The zero-order chi connectivity index (χ0) is 18.5. The van der Waals surface area contributed by atoms with Crippen LogP contribution in [-0.4, -0.2) is 40.3 Å². The average Bonchev–Trinajstić information content (AvgIpc) is 2.59. The van der Waals surface area contributed by atoms with Gasteiger partial charge in [0, 0.05) is 26.7 Å². The average molecular weight is 496 g/mol. The molecule has 0 spiro atoms. The lowest BCUT2D eigenvalue weighted by Gasteiger charge is -2.12. The van der Waals surface area contributed by atoms with Crippen LogP contribution in [0.15, 0.2) is 35.3 Å². The normalized spacial score (nSPS) is 11.9. The van der Waals surface area contributed by atoms with Gasteiger partial charge >= 0.3 is 0 Å².